The van der Waals surface area contributed by atoms with Crippen molar-refractivity contribution in [1.82, 2.24) is 19.9 Å². The van der Waals surface area contributed by atoms with Crippen LogP contribution in [0.1, 0.15) is 32.0 Å². The third-order valence-corrected chi connectivity index (χ3v) is 3.98. The Morgan fingerprint density at radius 1 is 1.29 bits per heavy atom. The van der Waals surface area contributed by atoms with Crippen molar-refractivity contribution >= 4 is 22.4 Å². The Labute approximate surface area is 128 Å². The quantitative estimate of drug-likeness (QED) is 0.802. The van der Waals surface area contributed by atoms with Crippen molar-refractivity contribution in [2.45, 2.75) is 39.4 Å². The van der Waals surface area contributed by atoms with Crippen LogP contribution in [0, 0.1) is 0 Å². The van der Waals surface area contributed by atoms with E-state index in [9.17, 15) is 0 Å². The minimum Gasteiger partial charge on any atom is -0.326 e. The van der Waals surface area contributed by atoms with Crippen LogP contribution in [0.25, 0.3) is 11.0 Å². The minimum absolute atomic E-state index is 0.103. The highest BCUT2D eigenvalue weighted by Gasteiger charge is 2.13. The molecule has 0 radical (unpaired) electrons. The molecule has 0 saturated heterocycles. The summed E-state index contributed by atoms with van der Waals surface area (Å²) in [5.74, 6) is 0. The highest BCUT2D eigenvalue weighted by atomic mass is 32.1. The van der Waals surface area contributed by atoms with Gasteiger partial charge >= 0.3 is 0 Å². The number of aromatic nitrogens is 3. The van der Waals surface area contributed by atoms with E-state index in [0.717, 1.165) is 24.4 Å². The number of thiazole rings is 1. The molecule has 0 aliphatic rings. The molecule has 3 aromatic rings. The van der Waals surface area contributed by atoms with E-state index in [1.165, 1.54) is 10.9 Å². The summed E-state index contributed by atoms with van der Waals surface area (Å²) in [6, 6.07) is 4.13. The van der Waals surface area contributed by atoms with Crippen LogP contribution in [0.3, 0.4) is 0 Å². The summed E-state index contributed by atoms with van der Waals surface area (Å²) < 4.78 is 2.18. The predicted octanol–water partition coefficient (Wildman–Crippen LogP) is 3.43. The fraction of sp³-hybridized carbons (Fsp3) is 0.375. The molecule has 0 spiro atoms. The minimum atomic E-state index is 0.103. The maximum atomic E-state index is 4.54. The Balaban J connectivity index is 1.94. The monoisotopic (exact) mass is 300 g/mol. The summed E-state index contributed by atoms with van der Waals surface area (Å²) >= 11 is 1.63. The van der Waals surface area contributed by atoms with Crippen molar-refractivity contribution in [3.05, 3.63) is 46.7 Å². The smallest absolute Gasteiger partial charge is 0.140 e. The molecule has 110 valence electrons. The Morgan fingerprint density at radius 3 is 2.86 bits per heavy atom. The molecular formula is C16H20N4S. The van der Waals surface area contributed by atoms with Crippen molar-refractivity contribution in [2.24, 2.45) is 0 Å². The summed E-state index contributed by atoms with van der Waals surface area (Å²) in [7, 11) is 0. The van der Waals surface area contributed by atoms with Crippen molar-refractivity contribution in [2.75, 3.05) is 0 Å². The molecule has 0 atom stereocenters. The predicted molar refractivity (Wildman–Crippen MR) is 87.5 cm³/mol. The lowest BCUT2D eigenvalue weighted by atomic mass is 10.1. The van der Waals surface area contributed by atoms with Crippen molar-refractivity contribution < 1.29 is 0 Å². The lowest BCUT2D eigenvalue weighted by Crippen LogP contribution is -2.34. The fourth-order valence-corrected chi connectivity index (χ4v) is 2.86. The van der Waals surface area contributed by atoms with E-state index < -0.39 is 0 Å². The Morgan fingerprint density at radius 2 is 2.14 bits per heavy atom. The van der Waals surface area contributed by atoms with Crippen LogP contribution in [0.5, 0.6) is 0 Å². The van der Waals surface area contributed by atoms with Gasteiger partial charge in [-0.3, -0.25) is 0 Å². The number of nitrogens with one attached hydrogen (secondary N) is 1. The Kier molecular flexibility index (Phi) is 3.78. The van der Waals surface area contributed by atoms with E-state index in [-0.39, 0.29) is 5.54 Å². The van der Waals surface area contributed by atoms with Crippen LogP contribution >= 0.6 is 11.3 Å². The van der Waals surface area contributed by atoms with Crippen molar-refractivity contribution in [3.8, 4) is 0 Å². The van der Waals surface area contributed by atoms with E-state index in [0.29, 0.717) is 0 Å². The molecule has 3 aromatic heterocycles. The Bertz CT molecular complexity index is 722. The molecule has 0 aliphatic heterocycles. The van der Waals surface area contributed by atoms with Gasteiger partial charge in [-0.1, -0.05) is 0 Å². The van der Waals surface area contributed by atoms with Crippen molar-refractivity contribution in [3.63, 3.8) is 0 Å². The zero-order valence-corrected chi connectivity index (χ0v) is 13.4. The molecule has 3 heterocycles. The van der Waals surface area contributed by atoms with Crippen molar-refractivity contribution in [1.29, 1.82) is 0 Å². The maximum absolute atomic E-state index is 4.54. The maximum Gasteiger partial charge on any atom is 0.140 e. The molecule has 1 N–H and O–H groups in total. The topological polar surface area (TPSA) is 42.7 Å². The van der Waals surface area contributed by atoms with E-state index in [2.05, 4.69) is 58.3 Å². The van der Waals surface area contributed by atoms with E-state index in [4.69, 9.17) is 0 Å². The second-order valence-corrected chi connectivity index (χ2v) is 6.96. The summed E-state index contributed by atoms with van der Waals surface area (Å²) in [5, 5.41) is 6.85. The number of pyridine rings is 1. The molecule has 0 saturated carbocycles. The van der Waals surface area contributed by atoms with Gasteiger partial charge in [0.15, 0.2) is 0 Å². The summed E-state index contributed by atoms with van der Waals surface area (Å²) in [4.78, 5) is 8.90. The molecule has 0 fully saturated rings. The van der Waals surface area contributed by atoms with Gasteiger partial charge in [0, 0.05) is 35.2 Å². The van der Waals surface area contributed by atoms with Crippen LogP contribution in [-0.2, 0) is 13.1 Å². The molecule has 21 heavy (non-hydrogen) atoms. The average Bonchev–Trinajstić information content (AvgIpc) is 3.05. The molecular weight excluding hydrogens is 280 g/mol. The standard InChI is InChI=1S/C16H20N4S/c1-16(2,3)19-7-12-8-20(9-13-10-21-11-18-13)15-14(12)5-4-6-17-15/h4-6,8,10-11,19H,7,9H2,1-3H3. The second kappa shape index (κ2) is 5.58. The van der Waals surface area contributed by atoms with Crippen LogP contribution in [0.15, 0.2) is 35.4 Å². The third kappa shape index (κ3) is 3.31. The first-order chi connectivity index (χ1) is 10.0. The van der Waals surface area contributed by atoms with Crippen LogP contribution < -0.4 is 5.32 Å². The number of nitrogens with zero attached hydrogens (tertiary/aromatic N) is 3. The number of hydrogen-bond acceptors (Lipinski definition) is 4. The van der Waals surface area contributed by atoms with E-state index in [1.807, 2.05) is 17.8 Å². The lowest BCUT2D eigenvalue weighted by molar-refractivity contribution is 0.425. The van der Waals surface area contributed by atoms with Crippen LogP contribution in [0.4, 0.5) is 0 Å². The zero-order chi connectivity index (χ0) is 14.9. The molecule has 3 rings (SSSR count). The third-order valence-electron chi connectivity index (χ3n) is 3.34. The number of fused-ring (bicyclic) bond motifs is 1. The highest BCUT2D eigenvalue weighted by molar-refractivity contribution is 7.07. The first-order valence-electron chi connectivity index (χ1n) is 7.08. The first-order valence-corrected chi connectivity index (χ1v) is 8.02. The van der Waals surface area contributed by atoms with Gasteiger partial charge in [-0.05, 0) is 38.5 Å². The zero-order valence-electron chi connectivity index (χ0n) is 12.6. The second-order valence-electron chi connectivity index (χ2n) is 6.24. The lowest BCUT2D eigenvalue weighted by Gasteiger charge is -2.20. The van der Waals surface area contributed by atoms with E-state index in [1.54, 1.807) is 11.3 Å². The van der Waals surface area contributed by atoms with Gasteiger partial charge in [0.2, 0.25) is 0 Å². The normalized spacial score (nSPS) is 12.1. The molecule has 0 amide bonds. The van der Waals surface area contributed by atoms with E-state index >= 15 is 0 Å². The summed E-state index contributed by atoms with van der Waals surface area (Å²) in [6.45, 7) is 8.15. The fourth-order valence-electron chi connectivity index (χ4n) is 2.31. The van der Waals surface area contributed by atoms with Gasteiger partial charge in [-0.15, -0.1) is 11.3 Å². The summed E-state index contributed by atoms with van der Waals surface area (Å²) in [6.07, 6.45) is 4.04. The molecule has 0 aromatic carbocycles. The largest absolute Gasteiger partial charge is 0.326 e. The number of rotatable bonds is 4. The van der Waals surface area contributed by atoms with Gasteiger partial charge < -0.3 is 9.88 Å². The van der Waals surface area contributed by atoms with Crippen LogP contribution in [-0.4, -0.2) is 20.1 Å². The Hall–Kier alpha value is -1.72. The van der Waals surface area contributed by atoms with Gasteiger partial charge in [0.25, 0.3) is 0 Å². The van der Waals surface area contributed by atoms with Gasteiger partial charge in [0.1, 0.15) is 5.65 Å². The highest BCUT2D eigenvalue weighted by Crippen LogP contribution is 2.21. The average molecular weight is 300 g/mol. The first kappa shape index (κ1) is 14.2. The van der Waals surface area contributed by atoms with Gasteiger partial charge in [-0.25, -0.2) is 9.97 Å². The van der Waals surface area contributed by atoms with Gasteiger partial charge in [0.05, 0.1) is 17.7 Å². The molecule has 0 unspecified atom stereocenters. The van der Waals surface area contributed by atoms with Gasteiger partial charge in [-0.2, -0.15) is 0 Å². The molecule has 5 heteroatoms. The molecule has 0 bridgehead atoms. The SMILES string of the molecule is CC(C)(C)NCc1cn(Cc2cscn2)c2ncccc12. The molecule has 0 aliphatic carbocycles. The summed E-state index contributed by atoms with van der Waals surface area (Å²) in [5.41, 5.74) is 5.36. The molecule has 4 nitrogen and oxygen atoms in total. The van der Waals surface area contributed by atoms with Crippen LogP contribution in [0.2, 0.25) is 0 Å². The number of hydrogen-bond donors (Lipinski definition) is 1.